The number of rotatable bonds is 6. The van der Waals surface area contributed by atoms with Crippen LogP contribution in [0.5, 0.6) is 11.5 Å². The van der Waals surface area contributed by atoms with Crippen LogP contribution in [-0.2, 0) is 4.79 Å². The van der Waals surface area contributed by atoms with Gasteiger partial charge in [0, 0.05) is 16.3 Å². The molecule has 0 saturated carbocycles. The van der Waals surface area contributed by atoms with Gasteiger partial charge in [0.25, 0.3) is 5.91 Å². The van der Waals surface area contributed by atoms with Gasteiger partial charge in [-0.3, -0.25) is 9.59 Å². The van der Waals surface area contributed by atoms with E-state index in [0.717, 1.165) is 3.57 Å². The minimum atomic E-state index is -0.270. The maximum atomic E-state index is 12.7. The quantitative estimate of drug-likeness (QED) is 0.682. The molecule has 0 saturated heterocycles. The van der Waals surface area contributed by atoms with Gasteiger partial charge in [0.15, 0.2) is 11.5 Å². The largest absolute Gasteiger partial charge is 0.493 e. The summed E-state index contributed by atoms with van der Waals surface area (Å²) in [5.74, 6) is 0.479. The first-order chi connectivity index (χ1) is 12.0. The smallest absolute Gasteiger partial charge is 0.255 e. The first-order valence-corrected chi connectivity index (χ1v) is 8.56. The third-order valence-corrected chi connectivity index (χ3v) is 4.38. The van der Waals surface area contributed by atoms with Crippen LogP contribution in [-0.4, -0.2) is 44.5 Å². The average Bonchev–Trinajstić information content (AvgIpc) is 2.61. The molecule has 0 aliphatic heterocycles. The molecule has 7 heteroatoms. The fourth-order valence-corrected chi connectivity index (χ4v) is 2.90. The Balaban J connectivity index is 2.10. The van der Waals surface area contributed by atoms with E-state index in [2.05, 4.69) is 27.9 Å². The molecule has 0 spiro atoms. The van der Waals surface area contributed by atoms with Crippen molar-refractivity contribution in [2.75, 3.05) is 33.1 Å². The molecule has 2 aromatic rings. The number of hydrogen-bond donors (Lipinski definition) is 1. The van der Waals surface area contributed by atoms with E-state index in [4.69, 9.17) is 9.47 Å². The molecule has 2 amide bonds. The monoisotopic (exact) mass is 454 g/mol. The van der Waals surface area contributed by atoms with E-state index in [0.29, 0.717) is 22.7 Å². The van der Waals surface area contributed by atoms with Gasteiger partial charge in [-0.2, -0.15) is 0 Å². The van der Waals surface area contributed by atoms with Gasteiger partial charge in [0.2, 0.25) is 5.91 Å². The highest BCUT2D eigenvalue weighted by Crippen LogP contribution is 2.31. The van der Waals surface area contributed by atoms with E-state index >= 15 is 0 Å². The molecule has 0 aliphatic carbocycles. The van der Waals surface area contributed by atoms with Gasteiger partial charge in [0.05, 0.1) is 26.3 Å². The molecule has 6 nitrogen and oxygen atoms in total. The highest BCUT2D eigenvalue weighted by atomic mass is 127. The Labute approximate surface area is 160 Å². The Bertz CT molecular complexity index is 765. The Hall–Kier alpha value is -2.29. The number of anilines is 1. The molecule has 2 aromatic carbocycles. The summed E-state index contributed by atoms with van der Waals surface area (Å²) in [6, 6.07) is 12.4. The standard InChI is InChI=1S/C18H19IN2O4/c1-21(11-17(22)20-12-7-5-4-6-8-12)18(23)13-9-15(24-2)16(25-3)10-14(13)19/h4-10H,11H2,1-3H3,(H,20,22). The van der Waals surface area contributed by atoms with Crippen molar-refractivity contribution < 1.29 is 19.1 Å². The molecule has 0 bridgehead atoms. The molecule has 0 aliphatic rings. The van der Waals surface area contributed by atoms with E-state index in [1.807, 2.05) is 18.2 Å². The maximum Gasteiger partial charge on any atom is 0.255 e. The minimum absolute atomic E-state index is 0.0574. The average molecular weight is 454 g/mol. The molecule has 0 atom stereocenters. The molecular weight excluding hydrogens is 435 g/mol. The molecule has 0 heterocycles. The van der Waals surface area contributed by atoms with Gasteiger partial charge < -0.3 is 19.7 Å². The maximum absolute atomic E-state index is 12.7. The van der Waals surface area contributed by atoms with Crippen molar-refractivity contribution in [1.29, 1.82) is 0 Å². The van der Waals surface area contributed by atoms with Crippen molar-refractivity contribution >= 4 is 40.1 Å². The number of carbonyl (C=O) groups excluding carboxylic acids is 2. The lowest BCUT2D eigenvalue weighted by Gasteiger charge is -2.19. The van der Waals surface area contributed by atoms with Gasteiger partial charge >= 0.3 is 0 Å². The zero-order valence-electron chi connectivity index (χ0n) is 14.2. The van der Waals surface area contributed by atoms with Crippen LogP contribution in [0.4, 0.5) is 5.69 Å². The number of likely N-dealkylation sites (N-methyl/N-ethyl adjacent to an activating group) is 1. The van der Waals surface area contributed by atoms with E-state index < -0.39 is 0 Å². The van der Waals surface area contributed by atoms with Crippen LogP contribution in [0.2, 0.25) is 0 Å². The van der Waals surface area contributed by atoms with Crippen LogP contribution in [0.1, 0.15) is 10.4 Å². The predicted octanol–water partition coefficient (Wildman–Crippen LogP) is 3.02. The Morgan fingerprint density at radius 2 is 1.68 bits per heavy atom. The van der Waals surface area contributed by atoms with E-state index in [1.54, 1.807) is 31.3 Å². The summed E-state index contributed by atoms with van der Waals surface area (Å²) in [6.07, 6.45) is 0. The zero-order valence-corrected chi connectivity index (χ0v) is 16.4. The summed E-state index contributed by atoms with van der Waals surface area (Å²) >= 11 is 2.06. The third kappa shape index (κ3) is 4.85. The minimum Gasteiger partial charge on any atom is -0.493 e. The SMILES string of the molecule is COc1cc(I)c(C(=O)N(C)CC(=O)Nc2ccccc2)cc1OC. The topological polar surface area (TPSA) is 67.9 Å². The zero-order chi connectivity index (χ0) is 18.4. The lowest BCUT2D eigenvalue weighted by atomic mass is 10.1. The van der Waals surface area contributed by atoms with E-state index in [-0.39, 0.29) is 18.4 Å². The summed E-state index contributed by atoms with van der Waals surface area (Å²) in [6.45, 7) is -0.0574. The number of amides is 2. The van der Waals surface area contributed by atoms with Crippen molar-refractivity contribution in [1.82, 2.24) is 4.90 Å². The van der Waals surface area contributed by atoms with Gasteiger partial charge in [-0.1, -0.05) is 18.2 Å². The number of hydrogen-bond acceptors (Lipinski definition) is 4. The Morgan fingerprint density at radius 3 is 2.28 bits per heavy atom. The number of methoxy groups -OCH3 is 2. The molecule has 132 valence electrons. The summed E-state index contributed by atoms with van der Waals surface area (Å²) in [5, 5.41) is 2.76. The number of ether oxygens (including phenoxy) is 2. The summed E-state index contributed by atoms with van der Waals surface area (Å²) < 4.78 is 11.2. The predicted molar refractivity (Wildman–Crippen MR) is 104 cm³/mol. The van der Waals surface area contributed by atoms with Crippen LogP contribution < -0.4 is 14.8 Å². The number of para-hydroxylation sites is 1. The van der Waals surface area contributed by atoms with Gasteiger partial charge in [-0.05, 0) is 46.9 Å². The van der Waals surface area contributed by atoms with Crippen molar-refractivity contribution in [2.45, 2.75) is 0 Å². The molecule has 25 heavy (non-hydrogen) atoms. The van der Waals surface area contributed by atoms with Gasteiger partial charge in [-0.15, -0.1) is 0 Å². The van der Waals surface area contributed by atoms with Crippen LogP contribution in [0.15, 0.2) is 42.5 Å². The van der Waals surface area contributed by atoms with Crippen molar-refractivity contribution in [3.63, 3.8) is 0 Å². The van der Waals surface area contributed by atoms with Crippen LogP contribution in [0.25, 0.3) is 0 Å². The molecule has 0 fully saturated rings. The first kappa shape index (κ1) is 19.0. The Morgan fingerprint density at radius 1 is 1.08 bits per heavy atom. The number of halogens is 1. The third-order valence-electron chi connectivity index (χ3n) is 3.49. The van der Waals surface area contributed by atoms with Crippen LogP contribution in [0, 0.1) is 3.57 Å². The van der Waals surface area contributed by atoms with Crippen LogP contribution >= 0.6 is 22.6 Å². The molecular formula is C18H19IN2O4. The molecule has 1 N–H and O–H groups in total. The van der Waals surface area contributed by atoms with Gasteiger partial charge in [0.1, 0.15) is 0 Å². The molecule has 2 rings (SSSR count). The second-order valence-electron chi connectivity index (χ2n) is 5.26. The summed E-state index contributed by atoms with van der Waals surface area (Å²) in [5.41, 5.74) is 1.14. The molecule has 0 unspecified atom stereocenters. The van der Waals surface area contributed by atoms with Crippen molar-refractivity contribution in [3.8, 4) is 11.5 Å². The number of carbonyl (C=O) groups is 2. The first-order valence-electron chi connectivity index (χ1n) is 7.48. The highest BCUT2D eigenvalue weighted by Gasteiger charge is 2.20. The highest BCUT2D eigenvalue weighted by molar-refractivity contribution is 14.1. The Kier molecular flexibility index (Phi) is 6.63. The van der Waals surface area contributed by atoms with Crippen LogP contribution in [0.3, 0.4) is 0 Å². The lowest BCUT2D eigenvalue weighted by molar-refractivity contribution is -0.116. The van der Waals surface area contributed by atoms with Crippen molar-refractivity contribution in [3.05, 3.63) is 51.6 Å². The lowest BCUT2D eigenvalue weighted by Crippen LogP contribution is -2.35. The fourth-order valence-electron chi connectivity index (χ4n) is 2.23. The van der Waals surface area contributed by atoms with E-state index in [1.165, 1.54) is 19.1 Å². The summed E-state index contributed by atoms with van der Waals surface area (Å²) in [7, 11) is 4.63. The second-order valence-corrected chi connectivity index (χ2v) is 6.42. The summed E-state index contributed by atoms with van der Waals surface area (Å²) in [4.78, 5) is 26.1. The normalized spacial score (nSPS) is 10.1. The van der Waals surface area contributed by atoms with E-state index in [9.17, 15) is 9.59 Å². The molecule has 0 aromatic heterocycles. The molecule has 0 radical (unpaired) electrons. The number of nitrogens with one attached hydrogen (secondary N) is 1. The number of benzene rings is 2. The fraction of sp³-hybridized carbons (Fsp3) is 0.222. The second kappa shape index (κ2) is 8.70. The van der Waals surface area contributed by atoms with Gasteiger partial charge in [-0.25, -0.2) is 0 Å². The number of nitrogens with zero attached hydrogens (tertiary/aromatic N) is 1. The van der Waals surface area contributed by atoms with Crippen molar-refractivity contribution in [2.24, 2.45) is 0 Å².